The summed E-state index contributed by atoms with van der Waals surface area (Å²) in [5.74, 6) is 0.287. The number of ketones is 1. The molecule has 1 atom stereocenters. The van der Waals surface area contributed by atoms with Crippen LogP contribution in [0.2, 0.25) is 0 Å². The number of H-pyrrole nitrogens is 1. The third-order valence-corrected chi connectivity index (χ3v) is 5.25. The van der Waals surface area contributed by atoms with E-state index in [9.17, 15) is 14.7 Å². The summed E-state index contributed by atoms with van der Waals surface area (Å²) < 4.78 is 5.10. The number of methoxy groups -OCH3 is 1. The maximum Gasteiger partial charge on any atom is 0.253 e. The number of aliphatic hydroxyl groups excluding tert-OH is 1. The minimum atomic E-state index is -0.333. The summed E-state index contributed by atoms with van der Waals surface area (Å²) >= 11 is 0. The van der Waals surface area contributed by atoms with E-state index in [1.807, 2.05) is 6.07 Å². The summed E-state index contributed by atoms with van der Waals surface area (Å²) in [6.07, 6.45) is 2.61. The Bertz CT molecular complexity index is 851. The fourth-order valence-electron chi connectivity index (χ4n) is 3.73. The second-order valence-electron chi connectivity index (χ2n) is 7.15. The molecular formula is C20H25N3O4. The van der Waals surface area contributed by atoms with Crippen molar-refractivity contribution in [1.82, 2.24) is 15.3 Å². The zero-order valence-corrected chi connectivity index (χ0v) is 16.0. The highest BCUT2D eigenvalue weighted by Crippen LogP contribution is 2.38. The summed E-state index contributed by atoms with van der Waals surface area (Å²) in [5.41, 5.74) is 3.12. The van der Waals surface area contributed by atoms with Gasteiger partial charge in [-0.15, -0.1) is 0 Å². The number of ether oxygens (including phenoxy) is 1. The van der Waals surface area contributed by atoms with Gasteiger partial charge in [0.15, 0.2) is 5.78 Å². The molecule has 0 radical (unpaired) electrons. The summed E-state index contributed by atoms with van der Waals surface area (Å²) in [4.78, 5) is 32.0. The van der Waals surface area contributed by atoms with Crippen LogP contribution >= 0.6 is 0 Å². The zero-order valence-electron chi connectivity index (χ0n) is 16.0. The molecule has 7 nitrogen and oxygen atoms in total. The fraction of sp³-hybridized carbons (Fsp3) is 0.450. The Morgan fingerprint density at radius 1 is 1.33 bits per heavy atom. The Balaban J connectivity index is 1.88. The van der Waals surface area contributed by atoms with Crippen LogP contribution in [0, 0.1) is 19.8 Å². The summed E-state index contributed by atoms with van der Waals surface area (Å²) in [6.45, 7) is 5.03. The molecule has 144 valence electrons. The highest BCUT2D eigenvalue weighted by atomic mass is 16.5. The smallest absolute Gasteiger partial charge is 0.253 e. The second kappa shape index (κ2) is 7.52. The number of aliphatic hydroxyl groups is 1. The van der Waals surface area contributed by atoms with Gasteiger partial charge >= 0.3 is 0 Å². The quantitative estimate of drug-likeness (QED) is 0.677. The van der Waals surface area contributed by atoms with Gasteiger partial charge in [0.05, 0.1) is 30.5 Å². The molecule has 0 bridgehead atoms. The molecule has 1 aliphatic rings. The minimum Gasteiger partial charge on any atom is -0.481 e. The number of nitrogens with zero attached hydrogens (tertiary/aromatic N) is 1. The van der Waals surface area contributed by atoms with Crippen molar-refractivity contribution >= 4 is 11.7 Å². The molecule has 2 aromatic rings. The predicted octanol–water partition coefficient (Wildman–Crippen LogP) is 2.48. The van der Waals surface area contributed by atoms with E-state index in [4.69, 9.17) is 4.74 Å². The lowest BCUT2D eigenvalue weighted by molar-refractivity contribution is 0.0234. The summed E-state index contributed by atoms with van der Waals surface area (Å²) in [7, 11) is 1.55. The van der Waals surface area contributed by atoms with Crippen molar-refractivity contribution in [3.8, 4) is 5.88 Å². The molecule has 1 amide bonds. The molecule has 1 fully saturated rings. The third kappa shape index (κ3) is 3.73. The van der Waals surface area contributed by atoms with Crippen molar-refractivity contribution in [1.29, 1.82) is 0 Å². The number of nitrogens with one attached hydrogen (secondary N) is 2. The van der Waals surface area contributed by atoms with Crippen molar-refractivity contribution in [3.05, 3.63) is 46.4 Å². The Morgan fingerprint density at radius 3 is 2.52 bits per heavy atom. The molecule has 0 aliphatic heterocycles. The van der Waals surface area contributed by atoms with Crippen molar-refractivity contribution in [2.24, 2.45) is 5.92 Å². The van der Waals surface area contributed by atoms with Gasteiger partial charge in [0.2, 0.25) is 5.88 Å². The van der Waals surface area contributed by atoms with E-state index in [2.05, 4.69) is 15.3 Å². The monoisotopic (exact) mass is 371 g/mol. The first-order valence-electron chi connectivity index (χ1n) is 9.00. The van der Waals surface area contributed by atoms with Crippen LogP contribution in [0.1, 0.15) is 63.5 Å². The SMILES string of the molecule is COc1ccc([C@@H](NC(=O)c2c(C)[nH]c(C(C)=O)c2C)C2CC(O)C2)cn1. The van der Waals surface area contributed by atoms with E-state index < -0.39 is 0 Å². The second-order valence-corrected chi connectivity index (χ2v) is 7.15. The number of aromatic nitrogens is 2. The molecule has 3 N–H and O–H groups in total. The Kier molecular flexibility index (Phi) is 5.32. The Labute approximate surface area is 158 Å². The maximum atomic E-state index is 13.0. The number of amides is 1. The van der Waals surface area contributed by atoms with E-state index in [-0.39, 0.29) is 29.8 Å². The van der Waals surface area contributed by atoms with Gasteiger partial charge in [-0.25, -0.2) is 4.98 Å². The average molecular weight is 371 g/mol. The van der Waals surface area contributed by atoms with E-state index in [1.165, 1.54) is 6.92 Å². The van der Waals surface area contributed by atoms with Crippen LogP contribution in [0.25, 0.3) is 0 Å². The lowest BCUT2D eigenvalue weighted by Gasteiger charge is -2.38. The molecule has 0 aromatic carbocycles. The third-order valence-electron chi connectivity index (χ3n) is 5.25. The Hall–Kier alpha value is -2.67. The normalized spacial score (nSPS) is 19.9. The number of carbonyl (C=O) groups excluding carboxylic acids is 2. The molecule has 27 heavy (non-hydrogen) atoms. The van der Waals surface area contributed by atoms with Gasteiger partial charge in [-0.2, -0.15) is 0 Å². The lowest BCUT2D eigenvalue weighted by atomic mass is 9.75. The molecule has 1 aliphatic carbocycles. The fourth-order valence-corrected chi connectivity index (χ4v) is 3.73. The number of rotatable bonds is 6. The number of Topliss-reactive ketones (excluding diaryl/α,β-unsaturated/α-hetero) is 1. The van der Waals surface area contributed by atoms with Crippen LogP contribution in [-0.4, -0.2) is 40.0 Å². The maximum absolute atomic E-state index is 13.0. The van der Waals surface area contributed by atoms with Gasteiger partial charge in [-0.1, -0.05) is 6.07 Å². The van der Waals surface area contributed by atoms with Crippen molar-refractivity contribution in [2.75, 3.05) is 7.11 Å². The molecule has 0 unspecified atom stereocenters. The number of aryl methyl sites for hydroxylation is 1. The van der Waals surface area contributed by atoms with Crippen molar-refractivity contribution in [2.45, 2.75) is 45.8 Å². The number of pyridine rings is 1. The van der Waals surface area contributed by atoms with Crippen LogP contribution in [-0.2, 0) is 0 Å². The van der Waals surface area contributed by atoms with Crippen LogP contribution in [0.5, 0.6) is 5.88 Å². The van der Waals surface area contributed by atoms with E-state index >= 15 is 0 Å². The van der Waals surface area contributed by atoms with Gasteiger partial charge in [0.25, 0.3) is 5.91 Å². The van der Waals surface area contributed by atoms with Gasteiger partial charge in [-0.3, -0.25) is 9.59 Å². The predicted molar refractivity (Wildman–Crippen MR) is 100.0 cm³/mol. The first kappa shape index (κ1) is 19.1. The molecule has 1 saturated carbocycles. The molecule has 2 aromatic heterocycles. The molecule has 2 heterocycles. The van der Waals surface area contributed by atoms with Crippen LogP contribution < -0.4 is 10.1 Å². The number of aromatic amines is 1. The molecular weight excluding hydrogens is 346 g/mol. The number of hydrogen-bond acceptors (Lipinski definition) is 5. The summed E-state index contributed by atoms with van der Waals surface area (Å²) in [6, 6.07) is 3.36. The van der Waals surface area contributed by atoms with Crippen molar-refractivity contribution in [3.63, 3.8) is 0 Å². The largest absolute Gasteiger partial charge is 0.481 e. The van der Waals surface area contributed by atoms with Crippen LogP contribution in [0.3, 0.4) is 0 Å². The molecule has 0 saturated heterocycles. The molecule has 7 heteroatoms. The summed E-state index contributed by atoms with van der Waals surface area (Å²) in [5, 5.41) is 12.8. The van der Waals surface area contributed by atoms with Crippen LogP contribution in [0.4, 0.5) is 0 Å². The lowest BCUT2D eigenvalue weighted by Crippen LogP contribution is -2.41. The van der Waals surface area contributed by atoms with E-state index in [0.29, 0.717) is 41.2 Å². The number of carbonyl (C=O) groups is 2. The van der Waals surface area contributed by atoms with E-state index in [1.54, 1.807) is 33.2 Å². The van der Waals surface area contributed by atoms with Gasteiger partial charge in [-0.05, 0) is 43.7 Å². The highest BCUT2D eigenvalue weighted by molar-refractivity contribution is 6.02. The zero-order chi connectivity index (χ0) is 19.7. The minimum absolute atomic E-state index is 0.104. The van der Waals surface area contributed by atoms with Crippen LogP contribution in [0.15, 0.2) is 18.3 Å². The number of hydrogen-bond donors (Lipinski definition) is 3. The van der Waals surface area contributed by atoms with Gasteiger partial charge in [0.1, 0.15) is 0 Å². The average Bonchev–Trinajstić information content (AvgIpc) is 2.92. The van der Waals surface area contributed by atoms with Crippen molar-refractivity contribution < 1.29 is 19.4 Å². The first-order chi connectivity index (χ1) is 12.8. The Morgan fingerprint density at radius 2 is 2.04 bits per heavy atom. The molecule has 3 rings (SSSR count). The first-order valence-corrected chi connectivity index (χ1v) is 9.00. The standard InChI is InChI=1S/C20H25N3O4/c1-10-17(11(2)22-18(10)12(3)24)20(26)23-19(14-7-15(25)8-14)13-5-6-16(27-4)21-9-13/h5-6,9,14-15,19,22,25H,7-8H2,1-4H3,(H,23,26)/t14?,15?,19-/m1/s1. The topological polar surface area (TPSA) is 104 Å². The van der Waals surface area contributed by atoms with E-state index in [0.717, 1.165) is 5.56 Å². The van der Waals surface area contributed by atoms with Gasteiger partial charge in [0, 0.05) is 24.9 Å². The highest BCUT2D eigenvalue weighted by Gasteiger charge is 2.36. The molecule has 0 spiro atoms. The van der Waals surface area contributed by atoms with Gasteiger partial charge < -0.3 is 20.1 Å².